The van der Waals surface area contributed by atoms with E-state index >= 15 is 0 Å². The zero-order chi connectivity index (χ0) is 13.7. The number of fused-ring (bicyclic) bond motifs is 3. The number of aryl methyl sites for hydroxylation is 1. The van der Waals surface area contributed by atoms with Gasteiger partial charge in [-0.15, -0.1) is 12.4 Å². The number of halogens is 3. The summed E-state index contributed by atoms with van der Waals surface area (Å²) in [5, 5.41) is 4.46. The topological polar surface area (TPSA) is 73.8 Å². The van der Waals surface area contributed by atoms with Crippen molar-refractivity contribution in [3.05, 3.63) is 29.7 Å². The van der Waals surface area contributed by atoms with Gasteiger partial charge in [0.25, 0.3) is 5.24 Å². The molecule has 0 fully saturated rings. The van der Waals surface area contributed by atoms with Crippen molar-refractivity contribution in [3.8, 4) is 0 Å². The van der Waals surface area contributed by atoms with E-state index in [4.69, 9.17) is 17.3 Å². The van der Waals surface area contributed by atoms with Crippen LogP contribution in [0.1, 0.15) is 10.4 Å². The Morgan fingerprint density at radius 1 is 1.40 bits per heavy atom. The molecule has 0 aliphatic carbocycles. The molecule has 0 unspecified atom stereocenters. The lowest BCUT2D eigenvalue weighted by Crippen LogP contribution is -1.99. The average Bonchev–Trinajstić information content (AvgIpc) is 2.71. The highest BCUT2D eigenvalue weighted by atomic mass is 35.5. The Hall–Kier alpha value is -1.92. The van der Waals surface area contributed by atoms with E-state index in [1.54, 1.807) is 17.9 Å². The molecule has 3 aromatic rings. The summed E-state index contributed by atoms with van der Waals surface area (Å²) in [6, 6.07) is 2.52. The lowest BCUT2D eigenvalue weighted by molar-refractivity contribution is 0.107. The second-order valence-corrected chi connectivity index (χ2v) is 4.49. The molecule has 5 nitrogen and oxygen atoms in total. The maximum Gasteiger partial charge on any atom is 0.255 e. The summed E-state index contributed by atoms with van der Waals surface area (Å²) < 4.78 is 15.3. The minimum absolute atomic E-state index is 0. The summed E-state index contributed by atoms with van der Waals surface area (Å²) in [5.41, 5.74) is 6.65. The number of nitrogens with zero attached hydrogens (tertiary/aromatic N) is 3. The molecule has 0 aliphatic heterocycles. The molecular formula is C12H9Cl2FN4O. The van der Waals surface area contributed by atoms with Gasteiger partial charge in [0, 0.05) is 18.5 Å². The molecule has 0 aliphatic rings. The number of nitrogens with two attached hydrogens (primary N) is 1. The summed E-state index contributed by atoms with van der Waals surface area (Å²) in [4.78, 5) is 15.3. The zero-order valence-electron chi connectivity index (χ0n) is 10.2. The highest BCUT2D eigenvalue weighted by Crippen LogP contribution is 2.29. The van der Waals surface area contributed by atoms with Crippen LogP contribution in [0.15, 0.2) is 18.3 Å². The molecule has 0 radical (unpaired) electrons. The number of anilines is 1. The molecule has 104 valence electrons. The van der Waals surface area contributed by atoms with Crippen LogP contribution >= 0.6 is 24.0 Å². The molecule has 0 saturated heterocycles. The Labute approximate surface area is 123 Å². The first-order chi connectivity index (χ1) is 8.99. The first-order valence-corrected chi connectivity index (χ1v) is 5.77. The summed E-state index contributed by atoms with van der Waals surface area (Å²) in [5.74, 6) is -0.458. The summed E-state index contributed by atoms with van der Waals surface area (Å²) >= 11 is 5.36. The minimum Gasteiger partial charge on any atom is -0.383 e. The fraction of sp³-hybridized carbons (Fsp3) is 0.0833. The van der Waals surface area contributed by atoms with Crippen LogP contribution in [0.3, 0.4) is 0 Å². The van der Waals surface area contributed by atoms with E-state index in [0.717, 1.165) is 6.07 Å². The molecule has 2 aromatic heterocycles. The van der Waals surface area contributed by atoms with Crippen molar-refractivity contribution >= 4 is 56.9 Å². The second-order valence-electron chi connectivity index (χ2n) is 4.15. The predicted molar refractivity (Wildman–Crippen MR) is 77.8 cm³/mol. The summed E-state index contributed by atoms with van der Waals surface area (Å²) in [6.07, 6.45) is 1.57. The van der Waals surface area contributed by atoms with E-state index in [-0.39, 0.29) is 23.8 Å². The molecule has 0 amide bonds. The molecule has 2 N–H and O–H groups in total. The van der Waals surface area contributed by atoms with Crippen LogP contribution in [0.4, 0.5) is 10.2 Å². The monoisotopic (exact) mass is 314 g/mol. The molecule has 20 heavy (non-hydrogen) atoms. The Kier molecular flexibility index (Phi) is 3.54. The molecule has 3 rings (SSSR count). The van der Waals surface area contributed by atoms with Crippen LogP contribution in [0.25, 0.3) is 21.8 Å². The maximum absolute atomic E-state index is 13.7. The minimum atomic E-state index is -0.855. The van der Waals surface area contributed by atoms with E-state index in [9.17, 15) is 9.18 Å². The highest BCUT2D eigenvalue weighted by molar-refractivity contribution is 6.67. The van der Waals surface area contributed by atoms with E-state index in [2.05, 4.69) is 10.1 Å². The number of carbonyl (C=O) groups excluding carboxylic acids is 1. The molecule has 0 spiro atoms. The second kappa shape index (κ2) is 4.88. The fourth-order valence-electron chi connectivity index (χ4n) is 2.13. The Balaban J connectivity index is 0.00000147. The van der Waals surface area contributed by atoms with E-state index < -0.39 is 11.1 Å². The third-order valence-electron chi connectivity index (χ3n) is 3.01. The fourth-order valence-corrected chi connectivity index (χ4v) is 2.27. The van der Waals surface area contributed by atoms with E-state index in [1.165, 1.54) is 6.07 Å². The summed E-state index contributed by atoms with van der Waals surface area (Å²) in [6.45, 7) is 0. The molecule has 0 atom stereocenters. The van der Waals surface area contributed by atoms with Gasteiger partial charge in [-0.3, -0.25) is 9.48 Å². The summed E-state index contributed by atoms with van der Waals surface area (Å²) in [7, 11) is 1.73. The first kappa shape index (κ1) is 14.5. The van der Waals surface area contributed by atoms with Gasteiger partial charge < -0.3 is 5.73 Å². The largest absolute Gasteiger partial charge is 0.383 e. The van der Waals surface area contributed by atoms with Crippen molar-refractivity contribution in [1.82, 2.24) is 14.8 Å². The third kappa shape index (κ3) is 1.97. The van der Waals surface area contributed by atoms with Gasteiger partial charge in [0.05, 0.1) is 28.2 Å². The van der Waals surface area contributed by atoms with Gasteiger partial charge in [-0.05, 0) is 17.7 Å². The van der Waals surface area contributed by atoms with Gasteiger partial charge >= 0.3 is 0 Å². The smallest absolute Gasteiger partial charge is 0.255 e. The van der Waals surface area contributed by atoms with Crippen molar-refractivity contribution in [1.29, 1.82) is 0 Å². The average molecular weight is 315 g/mol. The van der Waals surface area contributed by atoms with Gasteiger partial charge in [0.15, 0.2) is 0 Å². The molecule has 1 aromatic carbocycles. The van der Waals surface area contributed by atoms with Crippen molar-refractivity contribution in [3.63, 3.8) is 0 Å². The Morgan fingerprint density at radius 3 is 2.75 bits per heavy atom. The third-order valence-corrected chi connectivity index (χ3v) is 3.21. The lowest BCUT2D eigenvalue weighted by Gasteiger charge is -2.06. The quantitative estimate of drug-likeness (QED) is 0.701. The SMILES string of the molecule is Cl.Cn1ncc2c(N)nc3cc(F)c(C(=O)Cl)cc3c21. The number of hydrogen-bond donors (Lipinski definition) is 1. The number of pyridine rings is 1. The van der Waals surface area contributed by atoms with Crippen LogP contribution in [0, 0.1) is 5.82 Å². The molecule has 0 saturated carbocycles. The van der Waals surface area contributed by atoms with Crippen LogP contribution in [0.5, 0.6) is 0 Å². The molecule has 0 bridgehead atoms. The van der Waals surface area contributed by atoms with Crippen LogP contribution in [-0.2, 0) is 7.05 Å². The maximum atomic E-state index is 13.7. The van der Waals surface area contributed by atoms with Crippen molar-refractivity contribution < 1.29 is 9.18 Å². The number of aromatic nitrogens is 3. The van der Waals surface area contributed by atoms with Gasteiger partial charge in [0.1, 0.15) is 11.6 Å². The van der Waals surface area contributed by atoms with Crippen LogP contribution in [-0.4, -0.2) is 20.0 Å². The first-order valence-electron chi connectivity index (χ1n) is 5.39. The normalized spacial score (nSPS) is 10.8. The van der Waals surface area contributed by atoms with Crippen molar-refractivity contribution in [2.75, 3.05) is 5.73 Å². The number of nitrogen functional groups attached to an aromatic ring is 1. The molecule has 8 heteroatoms. The number of benzene rings is 1. The van der Waals surface area contributed by atoms with E-state index in [0.29, 0.717) is 21.8 Å². The van der Waals surface area contributed by atoms with Gasteiger partial charge in [-0.2, -0.15) is 5.10 Å². The van der Waals surface area contributed by atoms with E-state index in [1.807, 2.05) is 0 Å². The Bertz CT molecular complexity index is 846. The predicted octanol–water partition coefficient (Wildman–Crippen LogP) is 2.64. The standard InChI is InChI=1S/C12H8ClFN4O.ClH/c1-18-10-6-2-5(11(13)19)8(14)3-9(6)17-12(15)7(10)4-16-18;/h2-4H,1H3,(H2,15,17);1H. The number of carbonyl (C=O) groups is 1. The Morgan fingerprint density at radius 2 is 2.10 bits per heavy atom. The lowest BCUT2D eigenvalue weighted by atomic mass is 10.1. The van der Waals surface area contributed by atoms with Gasteiger partial charge in [-0.1, -0.05) is 0 Å². The highest BCUT2D eigenvalue weighted by Gasteiger charge is 2.16. The molecule has 2 heterocycles. The number of rotatable bonds is 1. The zero-order valence-corrected chi connectivity index (χ0v) is 11.8. The van der Waals surface area contributed by atoms with Crippen LogP contribution in [0.2, 0.25) is 0 Å². The van der Waals surface area contributed by atoms with Gasteiger partial charge in [0.2, 0.25) is 0 Å². The van der Waals surface area contributed by atoms with Crippen molar-refractivity contribution in [2.24, 2.45) is 7.05 Å². The van der Waals surface area contributed by atoms with Crippen molar-refractivity contribution in [2.45, 2.75) is 0 Å². The number of hydrogen-bond acceptors (Lipinski definition) is 4. The van der Waals surface area contributed by atoms with Gasteiger partial charge in [-0.25, -0.2) is 9.37 Å². The van der Waals surface area contributed by atoms with Crippen LogP contribution < -0.4 is 5.73 Å². The molecular weight excluding hydrogens is 306 g/mol.